The van der Waals surface area contributed by atoms with E-state index < -0.39 is 11.0 Å². The van der Waals surface area contributed by atoms with Gasteiger partial charge in [0, 0.05) is 48.8 Å². The van der Waals surface area contributed by atoms with E-state index in [9.17, 15) is 13.0 Å². The lowest BCUT2D eigenvalue weighted by Crippen LogP contribution is -2.49. The van der Waals surface area contributed by atoms with Crippen LogP contribution >= 0.6 is 0 Å². The maximum absolute atomic E-state index is 14.3. The third kappa shape index (κ3) is 4.49. The molecular formula is C21H31F2N3O2S. The van der Waals surface area contributed by atoms with Crippen molar-refractivity contribution in [2.75, 3.05) is 40.2 Å². The number of halogens is 2. The number of alkyl halides is 1. The van der Waals surface area contributed by atoms with Gasteiger partial charge in [0.15, 0.2) is 0 Å². The van der Waals surface area contributed by atoms with Crippen LogP contribution in [0.1, 0.15) is 37.4 Å². The zero-order chi connectivity index (χ0) is 21.0. The Morgan fingerprint density at radius 1 is 1.17 bits per heavy atom. The fourth-order valence-electron chi connectivity index (χ4n) is 4.75. The van der Waals surface area contributed by atoms with E-state index in [0.29, 0.717) is 19.3 Å². The highest BCUT2D eigenvalue weighted by atomic mass is 32.2. The molecule has 1 N–H and O–H groups in total. The molecule has 1 aromatic rings. The second-order valence-corrected chi connectivity index (χ2v) is 8.81. The van der Waals surface area contributed by atoms with Gasteiger partial charge in [0.25, 0.3) is 0 Å². The highest BCUT2D eigenvalue weighted by Gasteiger charge is 2.39. The predicted octanol–water partition coefficient (Wildman–Crippen LogP) is 3.14. The average molecular weight is 428 g/mol. The van der Waals surface area contributed by atoms with Gasteiger partial charge >= 0.3 is 0 Å². The van der Waals surface area contributed by atoms with Crippen molar-refractivity contribution in [1.29, 1.82) is 0 Å². The maximum Gasteiger partial charge on any atom is 0.129 e. The van der Waals surface area contributed by atoms with E-state index in [1.54, 1.807) is 12.3 Å². The highest BCUT2D eigenvalue weighted by molar-refractivity contribution is 7.82. The lowest BCUT2D eigenvalue weighted by atomic mass is 9.92. The van der Waals surface area contributed by atoms with Crippen LogP contribution in [0.4, 0.5) is 8.78 Å². The predicted molar refractivity (Wildman–Crippen MR) is 112 cm³/mol. The van der Waals surface area contributed by atoms with Gasteiger partial charge in [-0.05, 0) is 32.4 Å². The zero-order valence-corrected chi connectivity index (χ0v) is 18.2. The van der Waals surface area contributed by atoms with Gasteiger partial charge in [-0.15, -0.1) is 0 Å². The summed E-state index contributed by atoms with van der Waals surface area (Å²) in [6.07, 6.45) is 5.43. The van der Waals surface area contributed by atoms with Crippen molar-refractivity contribution in [2.24, 2.45) is 0 Å². The Balaban J connectivity index is 0.00000117. The van der Waals surface area contributed by atoms with Crippen LogP contribution in [0, 0.1) is 5.82 Å². The number of benzene rings is 1. The molecule has 3 aliphatic rings. The number of hydrogen-bond donors (Lipinski definition) is 1. The van der Waals surface area contributed by atoms with Crippen LogP contribution in [0.5, 0.6) is 0 Å². The number of allylic oxidation sites excluding steroid dienone is 1. The molecule has 8 heteroatoms. The Labute approximate surface area is 174 Å². The molecule has 0 aromatic heterocycles. The molecule has 1 fully saturated rings. The monoisotopic (exact) mass is 427 g/mol. The standard InChI is InChI=1S/C20H28FN3O2S.CH3F/c1-22-17-12-14(13-26-20(17)15-6-3-4-7-16(15)21)23-11-9-19-18(23)8-5-10-24(19)27(2)25;1-2/h3-4,6-7,14,17,20,22H,5,8-13H2,1-2H3;1H3/t14?,17?,20-,27?;/m1./s1. The van der Waals surface area contributed by atoms with Crippen LogP contribution in [0.25, 0.3) is 0 Å². The summed E-state index contributed by atoms with van der Waals surface area (Å²) < 4.78 is 44.1. The Kier molecular flexibility index (Phi) is 7.65. The maximum atomic E-state index is 14.3. The first kappa shape index (κ1) is 22.2. The minimum atomic E-state index is -0.961. The van der Waals surface area contributed by atoms with Gasteiger partial charge in [-0.25, -0.2) is 8.60 Å². The van der Waals surface area contributed by atoms with E-state index in [4.69, 9.17) is 4.74 Å². The molecule has 1 aromatic carbocycles. The Hall–Kier alpha value is -1.51. The Morgan fingerprint density at radius 3 is 2.62 bits per heavy atom. The molecule has 0 saturated carbocycles. The first-order valence-electron chi connectivity index (χ1n) is 10.1. The summed E-state index contributed by atoms with van der Waals surface area (Å²) in [5, 5.41) is 3.34. The normalized spacial score (nSPS) is 28.0. The van der Waals surface area contributed by atoms with Crippen molar-refractivity contribution in [2.45, 2.75) is 43.9 Å². The van der Waals surface area contributed by atoms with Crippen LogP contribution in [0.2, 0.25) is 0 Å². The van der Waals surface area contributed by atoms with Crippen LogP contribution < -0.4 is 5.32 Å². The van der Waals surface area contributed by atoms with Gasteiger partial charge in [0.2, 0.25) is 0 Å². The third-order valence-corrected chi connectivity index (χ3v) is 7.06. The van der Waals surface area contributed by atoms with Gasteiger partial charge in [-0.1, -0.05) is 18.2 Å². The summed E-state index contributed by atoms with van der Waals surface area (Å²) in [5.74, 6) is -0.208. The molecule has 0 bridgehead atoms. The van der Waals surface area contributed by atoms with Gasteiger partial charge in [-0.3, -0.25) is 8.70 Å². The van der Waals surface area contributed by atoms with Crippen LogP contribution in [0.3, 0.4) is 0 Å². The summed E-state index contributed by atoms with van der Waals surface area (Å²) in [7, 11) is 1.46. The summed E-state index contributed by atoms with van der Waals surface area (Å²) in [5.41, 5.74) is 3.21. The van der Waals surface area contributed by atoms with Crippen LogP contribution in [0.15, 0.2) is 35.7 Å². The highest BCUT2D eigenvalue weighted by Crippen LogP contribution is 2.39. The smallest absolute Gasteiger partial charge is 0.129 e. The molecule has 0 spiro atoms. The van der Waals surface area contributed by atoms with Crippen molar-refractivity contribution < 1.29 is 17.7 Å². The van der Waals surface area contributed by atoms with Crippen molar-refractivity contribution in [3.63, 3.8) is 0 Å². The van der Waals surface area contributed by atoms with Crippen molar-refractivity contribution in [1.82, 2.24) is 14.5 Å². The van der Waals surface area contributed by atoms with Crippen molar-refractivity contribution in [3.8, 4) is 0 Å². The summed E-state index contributed by atoms with van der Waals surface area (Å²) in [4.78, 5) is 2.45. The van der Waals surface area contributed by atoms with Crippen LogP contribution in [-0.2, 0) is 15.7 Å². The molecule has 3 aliphatic heterocycles. The molecule has 3 unspecified atom stereocenters. The molecule has 5 nitrogen and oxygen atoms in total. The van der Waals surface area contributed by atoms with E-state index in [1.165, 1.54) is 17.5 Å². The van der Waals surface area contributed by atoms with Gasteiger partial charge in [0.05, 0.1) is 19.8 Å². The molecule has 162 valence electrons. The van der Waals surface area contributed by atoms with Gasteiger partial charge in [0.1, 0.15) is 22.9 Å². The molecule has 0 radical (unpaired) electrons. The molecule has 3 heterocycles. The topological polar surface area (TPSA) is 44.8 Å². The number of hydrogen-bond acceptors (Lipinski definition) is 4. The first-order valence-corrected chi connectivity index (χ1v) is 11.6. The molecule has 0 amide bonds. The fourth-order valence-corrected chi connectivity index (χ4v) is 5.65. The zero-order valence-electron chi connectivity index (χ0n) is 17.4. The van der Waals surface area contributed by atoms with E-state index in [-0.39, 0.29) is 24.0 Å². The summed E-state index contributed by atoms with van der Waals surface area (Å²) >= 11 is 0. The average Bonchev–Trinajstić information content (AvgIpc) is 3.19. The molecule has 4 rings (SSSR count). The van der Waals surface area contributed by atoms with E-state index in [1.807, 2.05) is 19.2 Å². The van der Waals surface area contributed by atoms with E-state index in [0.717, 1.165) is 38.8 Å². The summed E-state index contributed by atoms with van der Waals surface area (Å²) in [6.45, 7) is 2.42. The lowest BCUT2D eigenvalue weighted by Gasteiger charge is -2.42. The van der Waals surface area contributed by atoms with Crippen molar-refractivity contribution in [3.05, 3.63) is 47.0 Å². The molecule has 1 saturated heterocycles. The summed E-state index contributed by atoms with van der Waals surface area (Å²) in [6, 6.07) is 7.21. The molecule has 0 aliphatic carbocycles. The number of nitrogens with zero attached hydrogens (tertiary/aromatic N) is 2. The Morgan fingerprint density at radius 2 is 1.93 bits per heavy atom. The number of likely N-dealkylation sites (N-methyl/N-ethyl adjacent to an activating group) is 1. The molecule has 4 atom stereocenters. The SMILES string of the molecule is CF.CNC1CC(N2CCC3=C2CCCN3S(C)=O)CO[C@@H]1c1ccccc1F. The number of rotatable bonds is 4. The lowest BCUT2D eigenvalue weighted by molar-refractivity contribution is -0.0507. The minimum absolute atomic E-state index is 0.0605. The third-order valence-electron chi connectivity index (χ3n) is 6.04. The molecule has 29 heavy (non-hydrogen) atoms. The van der Waals surface area contributed by atoms with E-state index >= 15 is 0 Å². The second-order valence-electron chi connectivity index (χ2n) is 7.53. The number of nitrogens with one attached hydrogen (secondary N) is 1. The van der Waals surface area contributed by atoms with Crippen molar-refractivity contribution >= 4 is 11.0 Å². The van der Waals surface area contributed by atoms with Gasteiger partial charge in [-0.2, -0.15) is 0 Å². The first-order chi connectivity index (χ1) is 14.1. The van der Waals surface area contributed by atoms with Crippen LogP contribution in [-0.4, -0.2) is 65.7 Å². The number of ether oxygens (including phenoxy) is 1. The Bertz CT molecular complexity index is 761. The second kappa shape index (κ2) is 10.00. The fraction of sp³-hybridized carbons (Fsp3) is 0.619. The van der Waals surface area contributed by atoms with E-state index in [2.05, 4.69) is 14.5 Å². The minimum Gasteiger partial charge on any atom is -0.370 e. The largest absolute Gasteiger partial charge is 0.370 e. The quantitative estimate of drug-likeness (QED) is 0.802. The molecular weight excluding hydrogens is 396 g/mol. The van der Waals surface area contributed by atoms with Gasteiger partial charge < -0.3 is 15.0 Å².